The summed E-state index contributed by atoms with van der Waals surface area (Å²) in [7, 11) is -3.75. The molecule has 1 N–H and O–H groups in total. The van der Waals surface area contributed by atoms with E-state index in [0.717, 1.165) is 5.56 Å². The van der Waals surface area contributed by atoms with Crippen LogP contribution in [0.3, 0.4) is 0 Å². The molecule has 0 saturated carbocycles. The van der Waals surface area contributed by atoms with Gasteiger partial charge < -0.3 is 9.84 Å². The summed E-state index contributed by atoms with van der Waals surface area (Å²) in [6, 6.07) is 8.82. The van der Waals surface area contributed by atoms with E-state index >= 15 is 0 Å². The first-order chi connectivity index (χ1) is 15.2. The third kappa shape index (κ3) is 4.88. The van der Waals surface area contributed by atoms with Crippen LogP contribution in [-0.2, 0) is 21.4 Å². The maximum absolute atomic E-state index is 13.4. The van der Waals surface area contributed by atoms with E-state index in [0.29, 0.717) is 52.4 Å². The number of thiophene rings is 1. The molecule has 4 rings (SSSR count). The second kappa shape index (κ2) is 9.30. The van der Waals surface area contributed by atoms with Crippen LogP contribution in [0, 0.1) is 19.8 Å². The second-order valence-electron chi connectivity index (χ2n) is 7.71. The van der Waals surface area contributed by atoms with Gasteiger partial charge in [-0.05, 0) is 43.5 Å². The SMILES string of the molecule is Cc1nc(-c2cc(S(=O)(=O)N3CCC[C@@H](C(=O)NCc4ccc(Cl)cc4)C3)c(C)s2)no1. The first-order valence-corrected chi connectivity index (χ1v) is 12.8. The number of hydrogen-bond acceptors (Lipinski definition) is 7. The average Bonchev–Trinajstić information content (AvgIpc) is 3.39. The van der Waals surface area contributed by atoms with Crippen LogP contribution in [0.4, 0.5) is 0 Å². The van der Waals surface area contributed by atoms with Crippen molar-refractivity contribution in [1.82, 2.24) is 19.8 Å². The molecule has 1 aromatic carbocycles. The van der Waals surface area contributed by atoms with Crippen LogP contribution < -0.4 is 5.32 Å². The smallest absolute Gasteiger partial charge is 0.244 e. The Hall–Kier alpha value is -2.27. The molecule has 1 aliphatic heterocycles. The van der Waals surface area contributed by atoms with Gasteiger partial charge in [-0.3, -0.25) is 4.79 Å². The van der Waals surface area contributed by atoms with Crippen molar-refractivity contribution in [2.75, 3.05) is 13.1 Å². The molecule has 170 valence electrons. The molecular formula is C21H23ClN4O4S2. The minimum atomic E-state index is -3.75. The van der Waals surface area contributed by atoms with Crippen molar-refractivity contribution in [3.05, 3.63) is 51.7 Å². The van der Waals surface area contributed by atoms with Crippen LogP contribution in [0.1, 0.15) is 29.2 Å². The number of aryl methyl sites for hydroxylation is 2. The maximum atomic E-state index is 13.4. The third-order valence-corrected chi connectivity index (χ3v) is 8.79. The van der Waals surface area contributed by atoms with Gasteiger partial charge >= 0.3 is 0 Å². The average molecular weight is 495 g/mol. The van der Waals surface area contributed by atoms with Crippen molar-refractivity contribution in [2.24, 2.45) is 5.92 Å². The number of carbonyl (C=O) groups excluding carboxylic acids is 1. The van der Waals surface area contributed by atoms with Gasteiger partial charge in [-0.2, -0.15) is 9.29 Å². The molecule has 0 spiro atoms. The number of carbonyl (C=O) groups is 1. The van der Waals surface area contributed by atoms with Gasteiger partial charge in [0.2, 0.25) is 27.6 Å². The monoisotopic (exact) mass is 494 g/mol. The highest BCUT2D eigenvalue weighted by atomic mass is 35.5. The molecule has 0 unspecified atom stereocenters. The second-order valence-corrected chi connectivity index (χ2v) is 11.3. The lowest BCUT2D eigenvalue weighted by Gasteiger charge is -2.31. The zero-order valence-corrected chi connectivity index (χ0v) is 20.1. The molecule has 1 atom stereocenters. The summed E-state index contributed by atoms with van der Waals surface area (Å²) in [5.74, 6) is 0.239. The summed E-state index contributed by atoms with van der Waals surface area (Å²) >= 11 is 7.20. The number of benzene rings is 1. The van der Waals surface area contributed by atoms with Gasteiger partial charge in [-0.25, -0.2) is 8.42 Å². The highest BCUT2D eigenvalue weighted by Gasteiger charge is 2.35. The van der Waals surface area contributed by atoms with Crippen molar-refractivity contribution in [2.45, 2.75) is 38.1 Å². The van der Waals surface area contributed by atoms with Crippen molar-refractivity contribution in [3.63, 3.8) is 0 Å². The fraction of sp³-hybridized carbons (Fsp3) is 0.381. The Kier molecular flexibility index (Phi) is 6.66. The van der Waals surface area contributed by atoms with Gasteiger partial charge in [0, 0.05) is 36.5 Å². The van der Waals surface area contributed by atoms with Gasteiger partial charge in [0.25, 0.3) is 0 Å². The molecule has 2 aromatic heterocycles. The van der Waals surface area contributed by atoms with Crippen LogP contribution in [0.15, 0.2) is 39.8 Å². The highest BCUT2D eigenvalue weighted by molar-refractivity contribution is 7.89. The number of rotatable bonds is 6. The fourth-order valence-corrected chi connectivity index (χ4v) is 6.82. The van der Waals surface area contributed by atoms with Crippen molar-refractivity contribution in [3.8, 4) is 10.7 Å². The topological polar surface area (TPSA) is 105 Å². The molecule has 1 amide bonds. The van der Waals surface area contributed by atoms with Gasteiger partial charge in [0.1, 0.15) is 0 Å². The molecule has 0 radical (unpaired) electrons. The summed E-state index contributed by atoms with van der Waals surface area (Å²) in [5, 5.41) is 7.42. The van der Waals surface area contributed by atoms with E-state index in [9.17, 15) is 13.2 Å². The van der Waals surface area contributed by atoms with Gasteiger partial charge in [-0.15, -0.1) is 11.3 Å². The number of sulfonamides is 1. The zero-order valence-electron chi connectivity index (χ0n) is 17.7. The zero-order chi connectivity index (χ0) is 22.9. The van der Waals surface area contributed by atoms with E-state index in [1.165, 1.54) is 15.6 Å². The van der Waals surface area contributed by atoms with Gasteiger partial charge in [0.05, 0.1) is 15.7 Å². The van der Waals surface area contributed by atoms with Crippen molar-refractivity contribution in [1.29, 1.82) is 0 Å². The molecule has 3 heterocycles. The number of aromatic nitrogens is 2. The lowest BCUT2D eigenvalue weighted by Crippen LogP contribution is -2.45. The summed E-state index contributed by atoms with van der Waals surface area (Å²) in [5.41, 5.74) is 0.932. The summed E-state index contributed by atoms with van der Waals surface area (Å²) in [6.07, 6.45) is 1.27. The normalized spacial score (nSPS) is 17.4. The molecule has 1 fully saturated rings. The van der Waals surface area contributed by atoms with Crippen LogP contribution in [-0.4, -0.2) is 41.9 Å². The predicted octanol–water partition coefficient (Wildman–Crippen LogP) is 3.79. The lowest BCUT2D eigenvalue weighted by molar-refractivity contribution is -0.126. The minimum absolute atomic E-state index is 0.148. The Bertz CT molecular complexity index is 1220. The molecule has 8 nitrogen and oxygen atoms in total. The van der Waals surface area contributed by atoms with Gasteiger partial charge in [0.15, 0.2) is 0 Å². The number of amides is 1. The number of piperidine rings is 1. The number of hydrogen-bond donors (Lipinski definition) is 1. The van der Waals surface area contributed by atoms with Crippen molar-refractivity contribution < 1.29 is 17.7 Å². The highest BCUT2D eigenvalue weighted by Crippen LogP contribution is 2.34. The largest absolute Gasteiger partial charge is 0.352 e. The minimum Gasteiger partial charge on any atom is -0.352 e. The maximum Gasteiger partial charge on any atom is 0.244 e. The fourth-order valence-electron chi connectivity index (χ4n) is 3.68. The third-order valence-electron chi connectivity index (χ3n) is 5.37. The van der Waals surface area contributed by atoms with Crippen LogP contribution in [0.25, 0.3) is 10.7 Å². The van der Waals surface area contributed by atoms with Gasteiger partial charge in [-0.1, -0.05) is 28.9 Å². The molecule has 0 bridgehead atoms. The van der Waals surface area contributed by atoms with E-state index < -0.39 is 15.9 Å². The van der Waals surface area contributed by atoms with E-state index in [1.54, 1.807) is 32.0 Å². The summed E-state index contributed by atoms with van der Waals surface area (Å²) in [6.45, 7) is 4.35. The van der Waals surface area contributed by atoms with Crippen molar-refractivity contribution >= 4 is 38.9 Å². The quantitative estimate of drug-likeness (QED) is 0.559. The molecule has 11 heteroatoms. The number of nitrogens with zero attached hydrogens (tertiary/aromatic N) is 3. The molecular weight excluding hydrogens is 472 g/mol. The van der Waals surface area contributed by atoms with Crippen LogP contribution in [0.5, 0.6) is 0 Å². The van der Waals surface area contributed by atoms with Crippen LogP contribution in [0.2, 0.25) is 5.02 Å². The lowest BCUT2D eigenvalue weighted by atomic mass is 9.99. The molecule has 3 aromatic rings. The Morgan fingerprint density at radius 3 is 2.75 bits per heavy atom. The molecule has 32 heavy (non-hydrogen) atoms. The number of halogens is 1. The Balaban J connectivity index is 1.45. The van der Waals surface area contributed by atoms with E-state index in [1.807, 2.05) is 12.1 Å². The first kappa shape index (κ1) is 22.9. The molecule has 1 aliphatic rings. The Labute approximate surface area is 195 Å². The van der Waals surface area contributed by atoms with E-state index in [-0.39, 0.29) is 17.3 Å². The standard InChI is InChI=1S/C21H23ClN4O4S2/c1-13-19(10-18(31-13)20-24-14(2)30-25-20)32(28,29)26-9-3-4-16(12-26)21(27)23-11-15-5-7-17(22)8-6-15/h5-8,10,16H,3-4,9,11-12H2,1-2H3,(H,23,27)/t16-/m1/s1. The van der Waals surface area contributed by atoms with E-state index in [4.69, 9.17) is 16.1 Å². The summed E-state index contributed by atoms with van der Waals surface area (Å²) in [4.78, 5) is 18.4. The molecule has 1 saturated heterocycles. The predicted molar refractivity (Wildman–Crippen MR) is 122 cm³/mol. The molecule has 0 aliphatic carbocycles. The van der Waals surface area contributed by atoms with Crippen LogP contribution >= 0.6 is 22.9 Å². The summed E-state index contributed by atoms with van der Waals surface area (Å²) < 4.78 is 33.1. The Morgan fingerprint density at radius 1 is 1.31 bits per heavy atom. The number of nitrogens with one attached hydrogen (secondary N) is 1. The first-order valence-electron chi connectivity index (χ1n) is 10.2. The van der Waals surface area contributed by atoms with E-state index in [2.05, 4.69) is 15.5 Å². The Morgan fingerprint density at radius 2 is 2.06 bits per heavy atom.